The Balaban J connectivity index is 2.12. The van der Waals surface area contributed by atoms with Gasteiger partial charge in [-0.1, -0.05) is 0 Å². The van der Waals surface area contributed by atoms with Crippen molar-refractivity contribution in [3.05, 3.63) is 11.9 Å². The second kappa shape index (κ2) is 5.19. The number of H-pyrrole nitrogens is 1. The van der Waals surface area contributed by atoms with Crippen LogP contribution in [0.2, 0.25) is 0 Å². The summed E-state index contributed by atoms with van der Waals surface area (Å²) in [5.41, 5.74) is 0.586. The van der Waals surface area contributed by atoms with Gasteiger partial charge < -0.3 is 0 Å². The number of aromatic amines is 1. The Hall–Kier alpha value is -0.590. The molecule has 2 rings (SSSR count). The molecule has 1 N–H and O–H groups in total. The Labute approximate surface area is 113 Å². The van der Waals surface area contributed by atoms with Crippen LogP contribution in [0.15, 0.2) is 11.1 Å². The summed E-state index contributed by atoms with van der Waals surface area (Å²) < 4.78 is 26.3. The van der Waals surface area contributed by atoms with Gasteiger partial charge in [-0.25, -0.2) is 8.42 Å². The molecule has 0 spiro atoms. The van der Waals surface area contributed by atoms with Crippen molar-refractivity contribution in [2.75, 3.05) is 13.1 Å². The topological polar surface area (TPSA) is 66.1 Å². The van der Waals surface area contributed by atoms with Crippen LogP contribution in [0, 0.1) is 12.8 Å². The van der Waals surface area contributed by atoms with Gasteiger partial charge in [0.25, 0.3) is 0 Å². The quantitative estimate of drug-likeness (QED) is 0.863. The summed E-state index contributed by atoms with van der Waals surface area (Å²) >= 11 is 6.06. The van der Waals surface area contributed by atoms with Crippen LogP contribution >= 0.6 is 11.6 Å². The first kappa shape index (κ1) is 13.8. The van der Waals surface area contributed by atoms with Gasteiger partial charge in [-0.15, -0.1) is 11.6 Å². The van der Waals surface area contributed by atoms with Crippen molar-refractivity contribution >= 4 is 21.6 Å². The third-order valence-electron chi connectivity index (χ3n) is 3.55. The monoisotopic (exact) mass is 291 g/mol. The third kappa shape index (κ3) is 2.55. The normalized spacial score (nSPS) is 21.1. The average molecular weight is 292 g/mol. The SMILES string of the molecule is Cc1[nH]ncc1S(=O)(=O)N1CCC(C(C)Cl)CC1. The smallest absolute Gasteiger partial charge is 0.246 e. The van der Waals surface area contributed by atoms with E-state index in [4.69, 9.17) is 11.6 Å². The fraction of sp³-hybridized carbons (Fsp3) is 0.727. The van der Waals surface area contributed by atoms with Gasteiger partial charge in [0, 0.05) is 18.5 Å². The zero-order valence-electron chi connectivity index (χ0n) is 10.6. The van der Waals surface area contributed by atoms with Crippen LogP contribution in [0.4, 0.5) is 0 Å². The second-order valence-corrected chi connectivity index (χ2v) is 7.37. The molecule has 0 aromatic carbocycles. The fourth-order valence-electron chi connectivity index (χ4n) is 2.31. The van der Waals surface area contributed by atoms with Crippen LogP contribution in [0.5, 0.6) is 0 Å². The zero-order valence-corrected chi connectivity index (χ0v) is 12.1. The van der Waals surface area contributed by atoms with Crippen molar-refractivity contribution < 1.29 is 8.42 Å². The Kier molecular flexibility index (Phi) is 3.99. The molecule has 1 saturated heterocycles. The van der Waals surface area contributed by atoms with E-state index in [9.17, 15) is 8.42 Å². The molecule has 1 atom stereocenters. The Bertz CT molecular complexity index is 504. The van der Waals surface area contributed by atoms with Crippen molar-refractivity contribution in [3.63, 3.8) is 0 Å². The van der Waals surface area contributed by atoms with Gasteiger partial charge >= 0.3 is 0 Å². The van der Waals surface area contributed by atoms with Crippen LogP contribution in [-0.2, 0) is 10.0 Å². The van der Waals surface area contributed by atoms with Gasteiger partial charge in [0.05, 0.1) is 11.9 Å². The van der Waals surface area contributed by atoms with Crippen LogP contribution in [0.1, 0.15) is 25.5 Å². The lowest BCUT2D eigenvalue weighted by Crippen LogP contribution is -2.40. The van der Waals surface area contributed by atoms with E-state index in [1.165, 1.54) is 10.5 Å². The molecule has 0 bridgehead atoms. The highest BCUT2D eigenvalue weighted by atomic mass is 35.5. The van der Waals surface area contributed by atoms with Crippen molar-refractivity contribution in [2.24, 2.45) is 5.92 Å². The lowest BCUT2D eigenvalue weighted by molar-refractivity contribution is 0.271. The standard InChI is InChI=1S/C11H18ClN3O2S/c1-8(12)10-3-5-15(6-4-10)18(16,17)11-7-13-14-9(11)2/h7-8,10H,3-6H2,1-2H3,(H,13,14). The zero-order chi connectivity index (χ0) is 13.3. The van der Waals surface area contributed by atoms with E-state index in [1.54, 1.807) is 6.92 Å². The Morgan fingerprint density at radius 3 is 2.56 bits per heavy atom. The number of piperidine rings is 1. The van der Waals surface area contributed by atoms with E-state index >= 15 is 0 Å². The first-order chi connectivity index (χ1) is 8.43. The molecule has 0 amide bonds. The summed E-state index contributed by atoms with van der Waals surface area (Å²) in [5, 5.41) is 6.54. The van der Waals surface area contributed by atoms with E-state index in [1.807, 2.05) is 6.92 Å². The van der Waals surface area contributed by atoms with Crippen LogP contribution in [0.25, 0.3) is 0 Å². The number of hydrogen-bond donors (Lipinski definition) is 1. The summed E-state index contributed by atoms with van der Waals surface area (Å²) in [7, 11) is -3.40. The van der Waals surface area contributed by atoms with Crippen molar-refractivity contribution in [3.8, 4) is 0 Å². The van der Waals surface area contributed by atoms with E-state index in [2.05, 4.69) is 10.2 Å². The lowest BCUT2D eigenvalue weighted by Gasteiger charge is -2.32. The highest BCUT2D eigenvalue weighted by molar-refractivity contribution is 7.89. The molecule has 0 saturated carbocycles. The van der Waals surface area contributed by atoms with Gasteiger partial charge in [0.1, 0.15) is 4.90 Å². The van der Waals surface area contributed by atoms with Crippen molar-refractivity contribution in [2.45, 2.75) is 37.0 Å². The number of hydrogen-bond acceptors (Lipinski definition) is 3. The van der Waals surface area contributed by atoms with Crippen molar-refractivity contribution in [1.82, 2.24) is 14.5 Å². The molecule has 2 heterocycles. The van der Waals surface area contributed by atoms with Gasteiger partial charge in [0.2, 0.25) is 10.0 Å². The number of rotatable bonds is 3. The first-order valence-electron chi connectivity index (χ1n) is 6.07. The summed E-state index contributed by atoms with van der Waals surface area (Å²) in [6.45, 7) is 4.76. The molecule has 1 aromatic rings. The molecule has 102 valence electrons. The highest BCUT2D eigenvalue weighted by Gasteiger charge is 2.32. The minimum absolute atomic E-state index is 0.102. The van der Waals surface area contributed by atoms with Crippen LogP contribution in [-0.4, -0.2) is 41.4 Å². The molecular weight excluding hydrogens is 274 g/mol. The number of nitrogens with one attached hydrogen (secondary N) is 1. The number of sulfonamides is 1. The first-order valence-corrected chi connectivity index (χ1v) is 7.94. The summed E-state index contributed by atoms with van der Waals surface area (Å²) in [6, 6.07) is 0. The molecular formula is C11H18ClN3O2S. The predicted octanol–water partition coefficient (Wildman–Crippen LogP) is 1.75. The second-order valence-electron chi connectivity index (χ2n) is 4.78. The molecule has 0 radical (unpaired) electrons. The fourth-order valence-corrected chi connectivity index (χ4v) is 4.15. The Morgan fingerprint density at radius 1 is 1.50 bits per heavy atom. The van der Waals surface area contributed by atoms with Gasteiger partial charge in [-0.2, -0.15) is 9.40 Å². The maximum absolute atomic E-state index is 12.4. The molecule has 1 fully saturated rings. The van der Waals surface area contributed by atoms with Gasteiger partial charge in [-0.05, 0) is 32.6 Å². The largest absolute Gasteiger partial charge is 0.281 e. The number of aromatic nitrogens is 2. The highest BCUT2D eigenvalue weighted by Crippen LogP contribution is 2.28. The molecule has 1 aliphatic heterocycles. The Morgan fingerprint density at radius 2 is 2.11 bits per heavy atom. The number of alkyl halides is 1. The summed E-state index contributed by atoms with van der Waals surface area (Å²) in [5.74, 6) is 0.406. The molecule has 1 aliphatic rings. The summed E-state index contributed by atoms with van der Waals surface area (Å²) in [4.78, 5) is 0.278. The van der Waals surface area contributed by atoms with Crippen LogP contribution < -0.4 is 0 Å². The molecule has 0 aliphatic carbocycles. The molecule has 18 heavy (non-hydrogen) atoms. The number of aryl methyl sites for hydroxylation is 1. The van der Waals surface area contributed by atoms with E-state index in [-0.39, 0.29) is 10.3 Å². The molecule has 1 aromatic heterocycles. The average Bonchev–Trinajstić information content (AvgIpc) is 2.76. The molecule has 7 heteroatoms. The molecule has 1 unspecified atom stereocenters. The van der Waals surface area contributed by atoms with E-state index < -0.39 is 10.0 Å². The predicted molar refractivity (Wildman–Crippen MR) is 70.1 cm³/mol. The third-order valence-corrected chi connectivity index (χ3v) is 5.92. The number of nitrogens with zero attached hydrogens (tertiary/aromatic N) is 2. The van der Waals surface area contributed by atoms with Crippen LogP contribution in [0.3, 0.4) is 0 Å². The molecule has 5 nitrogen and oxygen atoms in total. The maximum Gasteiger partial charge on any atom is 0.246 e. The van der Waals surface area contributed by atoms with Crippen molar-refractivity contribution in [1.29, 1.82) is 0 Å². The van der Waals surface area contributed by atoms with E-state index in [0.717, 1.165) is 12.8 Å². The lowest BCUT2D eigenvalue weighted by atomic mass is 9.95. The maximum atomic E-state index is 12.4. The minimum atomic E-state index is -3.40. The van der Waals surface area contributed by atoms with Gasteiger partial charge in [-0.3, -0.25) is 5.10 Å². The number of halogens is 1. The minimum Gasteiger partial charge on any atom is -0.281 e. The van der Waals surface area contributed by atoms with Gasteiger partial charge in [0.15, 0.2) is 0 Å². The van der Waals surface area contributed by atoms with E-state index in [0.29, 0.717) is 24.7 Å². The summed E-state index contributed by atoms with van der Waals surface area (Å²) in [6.07, 6.45) is 3.02.